The summed E-state index contributed by atoms with van der Waals surface area (Å²) in [5.41, 5.74) is 1.56. The summed E-state index contributed by atoms with van der Waals surface area (Å²) in [5, 5.41) is 25.8. The number of amides is 1. The maximum absolute atomic E-state index is 12.4. The molecule has 9 heteroatoms. The van der Waals surface area contributed by atoms with Crippen LogP contribution < -0.4 is 15.4 Å². The van der Waals surface area contributed by atoms with Crippen molar-refractivity contribution >= 4 is 28.9 Å². The van der Waals surface area contributed by atoms with Gasteiger partial charge in [-0.15, -0.1) is 0 Å². The first-order valence-electron chi connectivity index (χ1n) is 9.11. The van der Waals surface area contributed by atoms with Crippen molar-refractivity contribution in [1.29, 1.82) is 5.26 Å². The molecule has 0 spiro atoms. The minimum Gasteiger partial charge on any atom is -0.494 e. The number of anilines is 1. The lowest BCUT2D eigenvalue weighted by atomic mass is 10.0. The molecule has 2 N–H and O–H groups in total. The Bertz CT molecular complexity index is 1030. The number of aryl methyl sites for hydroxylation is 1. The molecule has 0 radical (unpaired) electrons. The molecular weight excluding hydrogens is 408 g/mol. The van der Waals surface area contributed by atoms with Crippen LogP contribution in [0.4, 0.5) is 11.4 Å². The third-order valence-electron chi connectivity index (χ3n) is 4.18. The molecule has 1 atom stereocenters. The highest BCUT2D eigenvalue weighted by Crippen LogP contribution is 2.28. The number of carbonyl (C=O) groups is 1. The minimum atomic E-state index is -0.705. The molecule has 0 fully saturated rings. The number of hydrogen-bond donors (Lipinski definition) is 2. The van der Waals surface area contributed by atoms with Gasteiger partial charge in [0.2, 0.25) is 0 Å². The standard InChI is InChI=1S/C21H21ClN4O4/c1-4-30-20-8-5-13(2)9-17(20)14(3)24-12-15(11-23)21(27)25-16-6-7-18(22)19(10-16)26(28)29/h5-10,12,14,24H,4H2,1-3H3,(H,25,27)/b15-12-. The van der Waals surface area contributed by atoms with Gasteiger partial charge in [0.1, 0.15) is 22.4 Å². The fourth-order valence-corrected chi connectivity index (χ4v) is 2.86. The van der Waals surface area contributed by atoms with Gasteiger partial charge in [-0.25, -0.2) is 0 Å². The average Bonchev–Trinajstić information content (AvgIpc) is 2.71. The predicted molar refractivity (Wildman–Crippen MR) is 114 cm³/mol. The van der Waals surface area contributed by atoms with E-state index >= 15 is 0 Å². The Balaban J connectivity index is 2.17. The van der Waals surface area contributed by atoms with Gasteiger partial charge in [-0.1, -0.05) is 29.3 Å². The fourth-order valence-electron chi connectivity index (χ4n) is 2.67. The molecule has 1 unspecified atom stereocenters. The summed E-state index contributed by atoms with van der Waals surface area (Å²) in [4.78, 5) is 22.7. The van der Waals surface area contributed by atoms with Crippen LogP contribution in [0.1, 0.15) is 31.0 Å². The van der Waals surface area contributed by atoms with Crippen molar-refractivity contribution in [3.8, 4) is 11.8 Å². The summed E-state index contributed by atoms with van der Waals surface area (Å²) in [6, 6.07) is 11.2. The lowest BCUT2D eigenvalue weighted by Gasteiger charge is -2.18. The normalized spacial score (nSPS) is 11.9. The Labute approximate surface area is 179 Å². The van der Waals surface area contributed by atoms with E-state index in [1.165, 1.54) is 18.3 Å². The number of nitrogens with one attached hydrogen (secondary N) is 2. The summed E-state index contributed by atoms with van der Waals surface area (Å²) < 4.78 is 5.64. The van der Waals surface area contributed by atoms with Gasteiger partial charge in [-0.05, 0) is 39.0 Å². The first kappa shape index (κ1) is 22.7. The highest BCUT2D eigenvalue weighted by atomic mass is 35.5. The first-order valence-corrected chi connectivity index (χ1v) is 9.49. The van der Waals surface area contributed by atoms with Gasteiger partial charge in [0.05, 0.1) is 17.6 Å². The van der Waals surface area contributed by atoms with Crippen molar-refractivity contribution < 1.29 is 14.5 Å². The highest BCUT2D eigenvalue weighted by Gasteiger charge is 2.16. The van der Waals surface area contributed by atoms with Gasteiger partial charge in [0.15, 0.2) is 0 Å². The molecule has 0 bridgehead atoms. The van der Waals surface area contributed by atoms with Crippen LogP contribution in [0, 0.1) is 28.4 Å². The van der Waals surface area contributed by atoms with E-state index in [1.807, 2.05) is 45.0 Å². The van der Waals surface area contributed by atoms with Gasteiger partial charge in [-0.2, -0.15) is 5.26 Å². The molecule has 0 saturated heterocycles. The Hall–Kier alpha value is -3.57. The molecule has 2 aromatic carbocycles. The second kappa shape index (κ2) is 10.3. The molecule has 30 heavy (non-hydrogen) atoms. The van der Waals surface area contributed by atoms with E-state index in [-0.39, 0.29) is 28.0 Å². The van der Waals surface area contributed by atoms with Crippen molar-refractivity contribution in [1.82, 2.24) is 5.32 Å². The number of ether oxygens (including phenoxy) is 1. The van der Waals surface area contributed by atoms with Crippen LogP contribution >= 0.6 is 11.6 Å². The Kier molecular flexibility index (Phi) is 7.78. The number of benzene rings is 2. The Morgan fingerprint density at radius 2 is 2.10 bits per heavy atom. The van der Waals surface area contributed by atoms with Crippen LogP contribution in [0.5, 0.6) is 5.75 Å². The number of halogens is 1. The van der Waals surface area contributed by atoms with E-state index in [2.05, 4.69) is 10.6 Å². The van der Waals surface area contributed by atoms with Crippen molar-refractivity contribution in [2.45, 2.75) is 26.8 Å². The third-order valence-corrected chi connectivity index (χ3v) is 4.49. The van der Waals surface area contributed by atoms with Gasteiger partial charge < -0.3 is 15.4 Å². The Morgan fingerprint density at radius 3 is 2.73 bits per heavy atom. The molecule has 8 nitrogen and oxygen atoms in total. The van der Waals surface area contributed by atoms with Crippen LogP contribution in [0.3, 0.4) is 0 Å². The first-order chi connectivity index (χ1) is 14.3. The zero-order valence-electron chi connectivity index (χ0n) is 16.7. The second-order valence-electron chi connectivity index (χ2n) is 6.41. The maximum Gasteiger partial charge on any atom is 0.289 e. The molecular formula is C21H21ClN4O4. The SMILES string of the molecule is CCOc1ccc(C)cc1C(C)N/C=C(/C#N)C(=O)Nc1ccc(Cl)c([N+](=O)[O-])c1. The van der Waals surface area contributed by atoms with Crippen LogP contribution in [0.25, 0.3) is 0 Å². The molecule has 0 aliphatic heterocycles. The maximum atomic E-state index is 12.4. The number of rotatable bonds is 8. The van der Waals surface area contributed by atoms with E-state index in [0.29, 0.717) is 12.4 Å². The van der Waals surface area contributed by atoms with Crippen molar-refractivity contribution in [3.05, 3.63) is 74.4 Å². The summed E-state index contributed by atoms with van der Waals surface area (Å²) >= 11 is 5.77. The average molecular weight is 429 g/mol. The van der Waals surface area contributed by atoms with Crippen molar-refractivity contribution in [2.24, 2.45) is 0 Å². The lowest BCUT2D eigenvalue weighted by molar-refractivity contribution is -0.384. The van der Waals surface area contributed by atoms with E-state index in [1.54, 1.807) is 0 Å². The van der Waals surface area contributed by atoms with Crippen LogP contribution in [-0.4, -0.2) is 17.4 Å². The second-order valence-corrected chi connectivity index (χ2v) is 6.82. The molecule has 156 valence electrons. The van der Waals surface area contributed by atoms with Crippen molar-refractivity contribution in [2.75, 3.05) is 11.9 Å². The van der Waals surface area contributed by atoms with Gasteiger partial charge in [0.25, 0.3) is 11.6 Å². The lowest BCUT2D eigenvalue weighted by Crippen LogP contribution is -2.19. The van der Waals surface area contributed by atoms with Gasteiger partial charge >= 0.3 is 0 Å². The number of nitrogens with zero attached hydrogens (tertiary/aromatic N) is 2. The van der Waals surface area contributed by atoms with Crippen LogP contribution in [0.2, 0.25) is 5.02 Å². The molecule has 0 saturated carbocycles. The molecule has 0 aliphatic rings. The molecule has 0 heterocycles. The number of nitro groups is 1. The summed E-state index contributed by atoms with van der Waals surface area (Å²) in [7, 11) is 0. The topological polar surface area (TPSA) is 117 Å². The monoisotopic (exact) mass is 428 g/mol. The van der Waals surface area contributed by atoms with Crippen molar-refractivity contribution in [3.63, 3.8) is 0 Å². The smallest absolute Gasteiger partial charge is 0.289 e. The Morgan fingerprint density at radius 1 is 1.37 bits per heavy atom. The quantitative estimate of drug-likeness (QED) is 0.273. The molecule has 0 aliphatic carbocycles. The summed E-state index contributed by atoms with van der Waals surface area (Å²) in [5.74, 6) is 0.0102. The van der Waals surface area contributed by atoms with E-state index in [9.17, 15) is 20.2 Å². The minimum absolute atomic E-state index is 0.0483. The number of hydrogen-bond acceptors (Lipinski definition) is 6. The zero-order chi connectivity index (χ0) is 22.3. The van der Waals surface area contributed by atoms with Gasteiger partial charge in [0, 0.05) is 23.5 Å². The zero-order valence-corrected chi connectivity index (χ0v) is 17.5. The van der Waals surface area contributed by atoms with Crippen LogP contribution in [0.15, 0.2) is 48.2 Å². The number of nitriles is 1. The highest BCUT2D eigenvalue weighted by molar-refractivity contribution is 6.32. The largest absolute Gasteiger partial charge is 0.494 e. The molecule has 0 aromatic heterocycles. The van der Waals surface area contributed by atoms with Crippen LogP contribution in [-0.2, 0) is 4.79 Å². The molecule has 1 amide bonds. The van der Waals surface area contributed by atoms with Gasteiger partial charge in [-0.3, -0.25) is 14.9 Å². The number of nitro benzene ring substituents is 1. The van der Waals surface area contributed by atoms with E-state index in [4.69, 9.17) is 16.3 Å². The molecule has 2 aromatic rings. The number of carbonyl (C=O) groups excluding carboxylic acids is 1. The third kappa shape index (κ3) is 5.72. The summed E-state index contributed by atoms with van der Waals surface area (Å²) in [6.45, 7) is 6.24. The van der Waals surface area contributed by atoms with E-state index in [0.717, 1.165) is 17.2 Å². The summed E-state index contributed by atoms with van der Waals surface area (Å²) in [6.07, 6.45) is 1.31. The molecule has 2 rings (SSSR count). The predicted octanol–water partition coefficient (Wildman–Crippen LogP) is 4.65. The van der Waals surface area contributed by atoms with E-state index < -0.39 is 10.8 Å². The fraction of sp³-hybridized carbons (Fsp3) is 0.238.